The summed E-state index contributed by atoms with van der Waals surface area (Å²) in [4.78, 5) is 2.50. The van der Waals surface area contributed by atoms with Crippen LogP contribution in [-0.2, 0) is 6.54 Å². The van der Waals surface area contributed by atoms with Crippen LogP contribution in [0.15, 0.2) is 24.3 Å². The number of aryl methyl sites for hydroxylation is 1. The minimum Gasteiger partial charge on any atom is -0.314 e. The van der Waals surface area contributed by atoms with Gasteiger partial charge in [-0.05, 0) is 57.2 Å². The Morgan fingerprint density at radius 3 is 2.81 bits per heavy atom. The average Bonchev–Trinajstić information content (AvgIpc) is 2.42. The summed E-state index contributed by atoms with van der Waals surface area (Å²) >= 11 is 0. The van der Waals surface area contributed by atoms with E-state index in [2.05, 4.69) is 62.3 Å². The number of nitrogens with zero attached hydrogens (tertiary/aromatic N) is 1. The highest BCUT2D eigenvalue weighted by Gasteiger charge is 2.28. The summed E-state index contributed by atoms with van der Waals surface area (Å²) in [6, 6.07) is 9.61. The third-order valence-corrected chi connectivity index (χ3v) is 4.79. The van der Waals surface area contributed by atoms with Crippen LogP contribution in [-0.4, -0.2) is 31.1 Å². The molecule has 1 N–H and O–H groups in total. The van der Waals surface area contributed by atoms with E-state index in [0.29, 0.717) is 6.04 Å². The molecule has 2 heteroatoms. The zero-order valence-corrected chi connectivity index (χ0v) is 14.2. The Balaban J connectivity index is 1.91. The minimum atomic E-state index is 0.714. The Kier molecular flexibility index (Phi) is 6.25. The summed E-state index contributed by atoms with van der Waals surface area (Å²) in [6.45, 7) is 10.2. The van der Waals surface area contributed by atoms with Gasteiger partial charge in [0.25, 0.3) is 0 Å². The number of hydrogen-bond acceptors (Lipinski definition) is 2. The standard InChI is InChI=1S/C19H32N2/c1-5-20-19-10-9-16(3)12-18(19)14-21(4)13-17-8-6-7-15(2)11-17/h6-8,11,16,18-20H,5,9-10,12-14H2,1-4H3. The van der Waals surface area contributed by atoms with Crippen LogP contribution in [0, 0.1) is 18.8 Å². The summed E-state index contributed by atoms with van der Waals surface area (Å²) in [5.41, 5.74) is 2.79. The van der Waals surface area contributed by atoms with Crippen molar-refractivity contribution in [2.45, 2.75) is 52.6 Å². The molecule has 1 aromatic carbocycles. The van der Waals surface area contributed by atoms with Crippen LogP contribution < -0.4 is 5.32 Å². The molecule has 0 aliphatic heterocycles. The van der Waals surface area contributed by atoms with Crippen LogP contribution in [0.5, 0.6) is 0 Å². The highest BCUT2D eigenvalue weighted by atomic mass is 15.1. The smallest absolute Gasteiger partial charge is 0.0230 e. The SMILES string of the molecule is CCNC1CCC(C)CC1CN(C)Cc1cccc(C)c1. The fourth-order valence-electron chi connectivity index (χ4n) is 3.82. The normalized spacial score (nSPS) is 26.2. The molecule has 2 nitrogen and oxygen atoms in total. The van der Waals surface area contributed by atoms with Crippen molar-refractivity contribution in [3.63, 3.8) is 0 Å². The van der Waals surface area contributed by atoms with Crippen LogP contribution in [0.4, 0.5) is 0 Å². The zero-order valence-electron chi connectivity index (χ0n) is 14.2. The van der Waals surface area contributed by atoms with Crippen LogP contribution in [0.2, 0.25) is 0 Å². The lowest BCUT2D eigenvalue weighted by atomic mass is 9.78. The van der Waals surface area contributed by atoms with Gasteiger partial charge < -0.3 is 10.2 Å². The van der Waals surface area contributed by atoms with Gasteiger partial charge in [-0.25, -0.2) is 0 Å². The first-order chi connectivity index (χ1) is 10.1. The van der Waals surface area contributed by atoms with E-state index >= 15 is 0 Å². The maximum absolute atomic E-state index is 3.71. The predicted molar refractivity (Wildman–Crippen MR) is 91.5 cm³/mol. The van der Waals surface area contributed by atoms with Crippen LogP contribution >= 0.6 is 0 Å². The van der Waals surface area contributed by atoms with E-state index in [1.807, 2.05) is 0 Å². The van der Waals surface area contributed by atoms with Crippen LogP contribution in [0.1, 0.15) is 44.2 Å². The molecule has 1 aromatic rings. The molecular weight excluding hydrogens is 256 g/mol. The van der Waals surface area contributed by atoms with Gasteiger partial charge in [0, 0.05) is 19.1 Å². The highest BCUT2D eigenvalue weighted by Crippen LogP contribution is 2.29. The molecule has 1 aliphatic carbocycles. The van der Waals surface area contributed by atoms with Gasteiger partial charge in [0.15, 0.2) is 0 Å². The molecule has 0 bridgehead atoms. The molecule has 2 rings (SSSR count). The van der Waals surface area contributed by atoms with E-state index in [1.165, 1.54) is 36.9 Å². The first-order valence-corrected chi connectivity index (χ1v) is 8.56. The van der Waals surface area contributed by atoms with Gasteiger partial charge in [-0.3, -0.25) is 0 Å². The average molecular weight is 288 g/mol. The Morgan fingerprint density at radius 2 is 2.10 bits per heavy atom. The van der Waals surface area contributed by atoms with Crippen molar-refractivity contribution in [3.8, 4) is 0 Å². The van der Waals surface area contributed by atoms with Crippen LogP contribution in [0.25, 0.3) is 0 Å². The quantitative estimate of drug-likeness (QED) is 0.855. The number of hydrogen-bond donors (Lipinski definition) is 1. The molecule has 1 saturated carbocycles. The van der Waals surface area contributed by atoms with Gasteiger partial charge in [-0.1, -0.05) is 43.7 Å². The van der Waals surface area contributed by atoms with Crippen molar-refractivity contribution >= 4 is 0 Å². The summed E-state index contributed by atoms with van der Waals surface area (Å²) in [6.07, 6.45) is 4.10. The van der Waals surface area contributed by atoms with E-state index in [0.717, 1.165) is 24.9 Å². The lowest BCUT2D eigenvalue weighted by Gasteiger charge is -2.37. The second-order valence-corrected chi connectivity index (χ2v) is 7.03. The molecule has 0 amide bonds. The third kappa shape index (κ3) is 5.12. The third-order valence-electron chi connectivity index (χ3n) is 4.79. The Hall–Kier alpha value is -0.860. The molecule has 0 radical (unpaired) electrons. The summed E-state index contributed by atoms with van der Waals surface area (Å²) in [5, 5.41) is 3.71. The van der Waals surface area contributed by atoms with E-state index in [1.54, 1.807) is 0 Å². The van der Waals surface area contributed by atoms with Crippen LogP contribution in [0.3, 0.4) is 0 Å². The van der Waals surface area contributed by atoms with Crippen molar-refractivity contribution in [3.05, 3.63) is 35.4 Å². The van der Waals surface area contributed by atoms with Gasteiger partial charge in [-0.2, -0.15) is 0 Å². The maximum Gasteiger partial charge on any atom is 0.0230 e. The molecular formula is C19H32N2. The predicted octanol–water partition coefficient (Wildman–Crippen LogP) is 3.84. The summed E-state index contributed by atoms with van der Waals surface area (Å²) in [7, 11) is 2.27. The van der Waals surface area contributed by atoms with Gasteiger partial charge >= 0.3 is 0 Å². The Labute approximate surface area is 130 Å². The first kappa shape index (κ1) is 16.5. The molecule has 0 spiro atoms. The molecule has 0 aromatic heterocycles. The monoisotopic (exact) mass is 288 g/mol. The lowest BCUT2D eigenvalue weighted by Crippen LogP contribution is -2.44. The van der Waals surface area contributed by atoms with Gasteiger partial charge in [0.1, 0.15) is 0 Å². The van der Waals surface area contributed by atoms with Crippen molar-refractivity contribution in [1.29, 1.82) is 0 Å². The number of benzene rings is 1. The van der Waals surface area contributed by atoms with Crippen molar-refractivity contribution in [2.75, 3.05) is 20.1 Å². The molecule has 0 saturated heterocycles. The summed E-state index contributed by atoms with van der Waals surface area (Å²) in [5.74, 6) is 1.68. The summed E-state index contributed by atoms with van der Waals surface area (Å²) < 4.78 is 0. The van der Waals surface area contributed by atoms with E-state index in [9.17, 15) is 0 Å². The Bertz CT molecular complexity index is 429. The second-order valence-electron chi connectivity index (χ2n) is 7.03. The minimum absolute atomic E-state index is 0.714. The second kappa shape index (κ2) is 7.95. The molecule has 3 atom stereocenters. The van der Waals surface area contributed by atoms with E-state index in [4.69, 9.17) is 0 Å². The molecule has 1 aliphatic rings. The molecule has 21 heavy (non-hydrogen) atoms. The maximum atomic E-state index is 3.71. The first-order valence-electron chi connectivity index (χ1n) is 8.56. The van der Waals surface area contributed by atoms with Crippen molar-refractivity contribution in [2.24, 2.45) is 11.8 Å². The fraction of sp³-hybridized carbons (Fsp3) is 0.684. The molecule has 0 heterocycles. The molecule has 3 unspecified atom stereocenters. The molecule has 118 valence electrons. The van der Waals surface area contributed by atoms with E-state index in [-0.39, 0.29) is 0 Å². The number of rotatable bonds is 6. The Morgan fingerprint density at radius 1 is 1.29 bits per heavy atom. The largest absolute Gasteiger partial charge is 0.314 e. The topological polar surface area (TPSA) is 15.3 Å². The van der Waals surface area contributed by atoms with Crippen molar-refractivity contribution in [1.82, 2.24) is 10.2 Å². The zero-order chi connectivity index (χ0) is 15.2. The molecule has 1 fully saturated rings. The fourth-order valence-corrected chi connectivity index (χ4v) is 3.82. The lowest BCUT2D eigenvalue weighted by molar-refractivity contribution is 0.158. The van der Waals surface area contributed by atoms with Crippen molar-refractivity contribution < 1.29 is 0 Å². The van der Waals surface area contributed by atoms with Gasteiger partial charge in [-0.15, -0.1) is 0 Å². The van der Waals surface area contributed by atoms with E-state index < -0.39 is 0 Å². The van der Waals surface area contributed by atoms with Gasteiger partial charge in [0.2, 0.25) is 0 Å². The van der Waals surface area contributed by atoms with Gasteiger partial charge in [0.05, 0.1) is 0 Å². The highest BCUT2D eigenvalue weighted by molar-refractivity contribution is 5.22. The number of nitrogens with one attached hydrogen (secondary N) is 1.